The summed E-state index contributed by atoms with van der Waals surface area (Å²) >= 11 is 0. The Labute approximate surface area is 119 Å². The van der Waals surface area contributed by atoms with Crippen molar-refractivity contribution in [2.24, 2.45) is 0 Å². The maximum atomic E-state index is 5.83. The standard InChI is InChI=1S/C16H32N2O/c1-17-16(9-5-3-6-10-16)11-12-18(2)14-15-8-4-7-13-19-15/h15,17H,3-14H2,1-2H3. The lowest BCUT2D eigenvalue weighted by molar-refractivity contribution is -0.00289. The molecule has 2 fully saturated rings. The first-order valence-corrected chi connectivity index (χ1v) is 8.23. The van der Waals surface area contributed by atoms with Gasteiger partial charge in [0.1, 0.15) is 0 Å². The monoisotopic (exact) mass is 268 g/mol. The third-order valence-corrected chi connectivity index (χ3v) is 5.10. The fraction of sp³-hybridized carbons (Fsp3) is 1.00. The highest BCUT2D eigenvalue weighted by Crippen LogP contribution is 2.30. The minimum absolute atomic E-state index is 0.417. The highest BCUT2D eigenvalue weighted by Gasteiger charge is 2.30. The minimum atomic E-state index is 0.417. The lowest BCUT2D eigenvalue weighted by Crippen LogP contribution is -2.47. The molecule has 0 aromatic carbocycles. The van der Waals surface area contributed by atoms with Gasteiger partial charge >= 0.3 is 0 Å². The zero-order valence-corrected chi connectivity index (χ0v) is 12.9. The van der Waals surface area contributed by atoms with Crippen molar-refractivity contribution in [3.63, 3.8) is 0 Å². The summed E-state index contributed by atoms with van der Waals surface area (Å²) in [5.74, 6) is 0. The third-order valence-electron chi connectivity index (χ3n) is 5.10. The Morgan fingerprint density at radius 2 is 1.95 bits per heavy atom. The van der Waals surface area contributed by atoms with Crippen LogP contribution in [0.1, 0.15) is 57.8 Å². The average molecular weight is 268 g/mol. The topological polar surface area (TPSA) is 24.5 Å². The Bertz CT molecular complexity index is 245. The summed E-state index contributed by atoms with van der Waals surface area (Å²) in [6.07, 6.45) is 12.6. The highest BCUT2D eigenvalue weighted by atomic mass is 16.5. The van der Waals surface area contributed by atoms with Crippen LogP contribution in [0, 0.1) is 0 Å². The van der Waals surface area contributed by atoms with Crippen LogP contribution in [-0.2, 0) is 4.74 Å². The maximum Gasteiger partial charge on any atom is 0.0701 e. The fourth-order valence-corrected chi connectivity index (χ4v) is 3.65. The molecule has 1 aliphatic heterocycles. The van der Waals surface area contributed by atoms with E-state index in [2.05, 4.69) is 24.3 Å². The Balaban J connectivity index is 1.70. The van der Waals surface area contributed by atoms with Crippen LogP contribution in [0.15, 0.2) is 0 Å². The lowest BCUT2D eigenvalue weighted by atomic mass is 9.79. The van der Waals surface area contributed by atoms with E-state index in [0.29, 0.717) is 11.6 Å². The van der Waals surface area contributed by atoms with Gasteiger partial charge in [-0.05, 0) is 59.2 Å². The molecule has 112 valence electrons. The van der Waals surface area contributed by atoms with Gasteiger partial charge in [-0.25, -0.2) is 0 Å². The predicted molar refractivity (Wildman–Crippen MR) is 80.6 cm³/mol. The molecule has 1 N–H and O–H groups in total. The van der Waals surface area contributed by atoms with E-state index in [4.69, 9.17) is 4.74 Å². The molecular weight excluding hydrogens is 236 g/mol. The number of nitrogens with one attached hydrogen (secondary N) is 1. The van der Waals surface area contributed by atoms with Crippen molar-refractivity contribution in [3.05, 3.63) is 0 Å². The molecule has 19 heavy (non-hydrogen) atoms. The van der Waals surface area contributed by atoms with Crippen molar-refractivity contribution >= 4 is 0 Å². The summed E-state index contributed by atoms with van der Waals surface area (Å²) in [5, 5.41) is 3.62. The van der Waals surface area contributed by atoms with Gasteiger partial charge < -0.3 is 15.0 Å². The van der Waals surface area contributed by atoms with Gasteiger partial charge in [0.15, 0.2) is 0 Å². The van der Waals surface area contributed by atoms with E-state index < -0.39 is 0 Å². The van der Waals surface area contributed by atoms with Crippen LogP contribution in [-0.4, -0.2) is 50.3 Å². The first kappa shape index (κ1) is 15.3. The summed E-state index contributed by atoms with van der Waals surface area (Å²) in [7, 11) is 4.40. The number of hydrogen-bond acceptors (Lipinski definition) is 3. The Morgan fingerprint density at radius 3 is 2.58 bits per heavy atom. The van der Waals surface area contributed by atoms with Gasteiger partial charge in [0.2, 0.25) is 0 Å². The lowest BCUT2D eigenvalue weighted by Gasteiger charge is -2.39. The van der Waals surface area contributed by atoms with E-state index in [-0.39, 0.29) is 0 Å². The summed E-state index contributed by atoms with van der Waals surface area (Å²) in [6, 6.07) is 0. The molecule has 1 aliphatic carbocycles. The first-order chi connectivity index (χ1) is 9.24. The quantitative estimate of drug-likeness (QED) is 0.801. The molecule has 0 radical (unpaired) electrons. The van der Waals surface area contributed by atoms with E-state index in [1.807, 2.05) is 0 Å². The maximum absolute atomic E-state index is 5.83. The normalized spacial score (nSPS) is 27.6. The van der Waals surface area contributed by atoms with Gasteiger partial charge in [0.05, 0.1) is 6.10 Å². The second-order valence-electron chi connectivity index (χ2n) is 6.59. The van der Waals surface area contributed by atoms with Crippen molar-refractivity contribution in [1.82, 2.24) is 10.2 Å². The van der Waals surface area contributed by atoms with Gasteiger partial charge in [-0.15, -0.1) is 0 Å². The first-order valence-electron chi connectivity index (χ1n) is 8.23. The number of rotatable bonds is 6. The van der Waals surface area contributed by atoms with Gasteiger partial charge in [-0.1, -0.05) is 19.3 Å². The van der Waals surface area contributed by atoms with Crippen molar-refractivity contribution in [2.75, 3.05) is 33.8 Å². The van der Waals surface area contributed by atoms with Crippen LogP contribution in [0.2, 0.25) is 0 Å². The van der Waals surface area contributed by atoms with Gasteiger partial charge in [0, 0.05) is 18.7 Å². The summed E-state index contributed by atoms with van der Waals surface area (Å²) in [5.41, 5.74) is 0.417. The van der Waals surface area contributed by atoms with Gasteiger partial charge in [-0.2, -0.15) is 0 Å². The van der Waals surface area contributed by atoms with Crippen LogP contribution in [0.3, 0.4) is 0 Å². The number of nitrogens with zero attached hydrogens (tertiary/aromatic N) is 1. The zero-order valence-electron chi connectivity index (χ0n) is 12.9. The van der Waals surface area contributed by atoms with E-state index in [1.54, 1.807) is 0 Å². The molecule has 2 rings (SSSR count). The zero-order chi connectivity index (χ0) is 13.6. The number of likely N-dealkylation sites (N-methyl/N-ethyl adjacent to an activating group) is 1. The summed E-state index contributed by atoms with van der Waals surface area (Å²) in [4.78, 5) is 2.48. The highest BCUT2D eigenvalue weighted by molar-refractivity contribution is 4.90. The Morgan fingerprint density at radius 1 is 1.16 bits per heavy atom. The van der Waals surface area contributed by atoms with Crippen LogP contribution >= 0.6 is 0 Å². The van der Waals surface area contributed by atoms with Crippen LogP contribution in [0.25, 0.3) is 0 Å². The van der Waals surface area contributed by atoms with Crippen LogP contribution in [0.4, 0.5) is 0 Å². The van der Waals surface area contributed by atoms with E-state index in [1.165, 1.54) is 64.3 Å². The number of hydrogen-bond donors (Lipinski definition) is 1. The van der Waals surface area contributed by atoms with E-state index in [0.717, 1.165) is 13.2 Å². The van der Waals surface area contributed by atoms with Crippen LogP contribution < -0.4 is 5.32 Å². The molecule has 0 aromatic heterocycles. The van der Waals surface area contributed by atoms with Crippen molar-refractivity contribution in [3.8, 4) is 0 Å². The molecule has 0 bridgehead atoms. The second-order valence-corrected chi connectivity index (χ2v) is 6.59. The molecule has 0 aromatic rings. The predicted octanol–water partition coefficient (Wildman–Crippen LogP) is 2.80. The summed E-state index contributed by atoms with van der Waals surface area (Å²) < 4.78 is 5.83. The fourth-order valence-electron chi connectivity index (χ4n) is 3.65. The molecule has 1 heterocycles. The Hall–Kier alpha value is -0.120. The Kier molecular flexibility index (Phi) is 6.11. The van der Waals surface area contributed by atoms with Crippen LogP contribution in [0.5, 0.6) is 0 Å². The molecule has 1 saturated carbocycles. The van der Waals surface area contributed by atoms with E-state index >= 15 is 0 Å². The second kappa shape index (κ2) is 7.61. The molecule has 1 unspecified atom stereocenters. The van der Waals surface area contributed by atoms with Crippen molar-refractivity contribution < 1.29 is 4.74 Å². The molecule has 1 saturated heterocycles. The SMILES string of the molecule is CNC1(CCN(C)CC2CCCCO2)CCCCC1. The average Bonchev–Trinajstić information content (AvgIpc) is 2.47. The minimum Gasteiger partial charge on any atom is -0.377 e. The van der Waals surface area contributed by atoms with Crippen molar-refractivity contribution in [2.45, 2.75) is 69.4 Å². The molecule has 0 spiro atoms. The molecule has 3 heteroatoms. The van der Waals surface area contributed by atoms with E-state index in [9.17, 15) is 0 Å². The molecule has 3 nitrogen and oxygen atoms in total. The molecule has 0 amide bonds. The molecule has 2 aliphatic rings. The van der Waals surface area contributed by atoms with Gasteiger partial charge in [-0.3, -0.25) is 0 Å². The smallest absolute Gasteiger partial charge is 0.0701 e. The molecular formula is C16H32N2O. The third kappa shape index (κ3) is 4.73. The largest absolute Gasteiger partial charge is 0.377 e. The summed E-state index contributed by atoms with van der Waals surface area (Å²) in [6.45, 7) is 3.28. The van der Waals surface area contributed by atoms with Gasteiger partial charge in [0.25, 0.3) is 0 Å². The van der Waals surface area contributed by atoms with Crippen molar-refractivity contribution in [1.29, 1.82) is 0 Å². The number of ether oxygens (including phenoxy) is 1. The molecule has 1 atom stereocenters.